The molecule has 2 aromatic carbocycles. The van der Waals surface area contributed by atoms with Gasteiger partial charge in [0.15, 0.2) is 0 Å². The van der Waals surface area contributed by atoms with Crippen LogP contribution in [0.25, 0.3) is 0 Å². The largest absolute Gasteiger partial charge is 0.497 e. The van der Waals surface area contributed by atoms with E-state index in [-0.39, 0.29) is 11.8 Å². The lowest BCUT2D eigenvalue weighted by Gasteiger charge is -2.25. The van der Waals surface area contributed by atoms with Crippen molar-refractivity contribution >= 4 is 11.6 Å². The molecule has 0 aromatic heterocycles. The highest BCUT2D eigenvalue weighted by atomic mass is 16.5. The second kappa shape index (κ2) is 6.32. The minimum Gasteiger partial charge on any atom is -0.497 e. The monoisotopic (exact) mass is 311 g/mol. The highest BCUT2D eigenvalue weighted by Crippen LogP contribution is 2.31. The van der Waals surface area contributed by atoms with Crippen LogP contribution in [0.15, 0.2) is 36.4 Å². The van der Waals surface area contributed by atoms with Crippen molar-refractivity contribution in [3.63, 3.8) is 0 Å². The van der Waals surface area contributed by atoms with E-state index in [0.29, 0.717) is 13.0 Å². The predicted octanol–water partition coefficient (Wildman–Crippen LogP) is 3.50. The lowest BCUT2D eigenvalue weighted by atomic mass is 9.95. The summed E-state index contributed by atoms with van der Waals surface area (Å²) in [6.45, 7) is 4.44. The second-order valence-electron chi connectivity index (χ2n) is 6.05. The van der Waals surface area contributed by atoms with Gasteiger partial charge < -0.3 is 14.8 Å². The van der Waals surface area contributed by atoms with E-state index in [2.05, 4.69) is 11.4 Å². The zero-order chi connectivity index (χ0) is 16.4. The first-order valence-electron chi connectivity index (χ1n) is 7.74. The molecule has 2 aromatic rings. The molecule has 3 rings (SSSR count). The molecular formula is C19H21NO3. The molecule has 23 heavy (non-hydrogen) atoms. The van der Waals surface area contributed by atoms with Gasteiger partial charge in [-0.1, -0.05) is 6.07 Å². The van der Waals surface area contributed by atoms with Gasteiger partial charge in [-0.3, -0.25) is 4.79 Å². The van der Waals surface area contributed by atoms with Gasteiger partial charge in [0.2, 0.25) is 5.91 Å². The molecule has 1 aliphatic rings. The van der Waals surface area contributed by atoms with Crippen molar-refractivity contribution in [1.29, 1.82) is 0 Å². The molecule has 4 heteroatoms. The highest BCUT2D eigenvalue weighted by Gasteiger charge is 2.26. The van der Waals surface area contributed by atoms with Gasteiger partial charge in [0, 0.05) is 5.69 Å². The van der Waals surface area contributed by atoms with Crippen LogP contribution in [0.4, 0.5) is 5.69 Å². The Bertz CT molecular complexity index is 719. The standard InChI is InChI=1S/C19H21NO3/c1-12-6-13(2)8-16(7-12)20-19(21)15-9-14-10-17(22-3)4-5-18(14)23-11-15/h4-8,10,15H,9,11H2,1-3H3,(H,20,21)/t15-/m1/s1. The van der Waals surface area contributed by atoms with E-state index in [9.17, 15) is 4.79 Å². The number of hydrogen-bond donors (Lipinski definition) is 1. The normalized spacial score (nSPS) is 16.2. The molecule has 1 atom stereocenters. The van der Waals surface area contributed by atoms with E-state index >= 15 is 0 Å². The summed E-state index contributed by atoms with van der Waals surface area (Å²) in [5.74, 6) is 1.41. The Balaban J connectivity index is 1.73. The van der Waals surface area contributed by atoms with E-state index in [1.165, 1.54) is 0 Å². The minimum absolute atomic E-state index is 0.0107. The van der Waals surface area contributed by atoms with E-state index < -0.39 is 0 Å². The van der Waals surface area contributed by atoms with Crippen LogP contribution < -0.4 is 14.8 Å². The third-order valence-electron chi connectivity index (χ3n) is 4.03. The van der Waals surface area contributed by atoms with Crippen molar-refractivity contribution in [2.45, 2.75) is 20.3 Å². The Hall–Kier alpha value is -2.49. The average molecular weight is 311 g/mol. The molecule has 1 heterocycles. The van der Waals surface area contributed by atoms with Crippen LogP contribution in [-0.4, -0.2) is 19.6 Å². The molecule has 120 valence electrons. The fraction of sp³-hybridized carbons (Fsp3) is 0.316. The SMILES string of the molecule is COc1ccc2c(c1)C[C@@H](C(=O)Nc1cc(C)cc(C)c1)CO2. The molecule has 1 N–H and O–H groups in total. The van der Waals surface area contributed by atoms with Gasteiger partial charge in [0.05, 0.1) is 13.0 Å². The van der Waals surface area contributed by atoms with Gasteiger partial charge in [-0.15, -0.1) is 0 Å². The first-order valence-corrected chi connectivity index (χ1v) is 7.74. The molecular weight excluding hydrogens is 290 g/mol. The van der Waals surface area contributed by atoms with Crippen LogP contribution in [0.5, 0.6) is 11.5 Å². The number of benzene rings is 2. The second-order valence-corrected chi connectivity index (χ2v) is 6.05. The summed E-state index contributed by atoms with van der Waals surface area (Å²) in [6.07, 6.45) is 0.656. The first kappa shape index (κ1) is 15.4. The molecule has 4 nitrogen and oxygen atoms in total. The maximum Gasteiger partial charge on any atom is 0.231 e. The van der Waals surface area contributed by atoms with Crippen molar-refractivity contribution in [3.8, 4) is 11.5 Å². The van der Waals surface area contributed by atoms with Gasteiger partial charge in [-0.25, -0.2) is 0 Å². The van der Waals surface area contributed by atoms with Crippen LogP contribution in [-0.2, 0) is 11.2 Å². The minimum atomic E-state index is -0.199. The molecule has 0 saturated heterocycles. The zero-order valence-electron chi connectivity index (χ0n) is 13.7. The molecule has 0 bridgehead atoms. The Kier molecular flexibility index (Phi) is 4.24. The summed E-state index contributed by atoms with van der Waals surface area (Å²) in [5, 5.41) is 3.00. The fourth-order valence-electron chi connectivity index (χ4n) is 2.96. The van der Waals surface area contributed by atoms with E-state index in [1.807, 2.05) is 44.2 Å². The maximum atomic E-state index is 12.5. The number of anilines is 1. The summed E-state index contributed by atoms with van der Waals surface area (Å²) in [7, 11) is 1.63. The number of ether oxygens (including phenoxy) is 2. The smallest absolute Gasteiger partial charge is 0.231 e. The number of methoxy groups -OCH3 is 1. The number of nitrogens with one attached hydrogen (secondary N) is 1. The van der Waals surface area contributed by atoms with Gasteiger partial charge in [0.1, 0.15) is 18.1 Å². The number of hydrogen-bond acceptors (Lipinski definition) is 3. The molecule has 0 saturated carbocycles. The summed E-state index contributed by atoms with van der Waals surface area (Å²) in [5.41, 5.74) is 4.12. The number of aryl methyl sites for hydroxylation is 2. The van der Waals surface area contributed by atoms with Crippen molar-refractivity contribution in [2.75, 3.05) is 19.0 Å². The fourth-order valence-corrected chi connectivity index (χ4v) is 2.96. The number of rotatable bonds is 3. The highest BCUT2D eigenvalue weighted by molar-refractivity contribution is 5.93. The lowest BCUT2D eigenvalue weighted by Crippen LogP contribution is -2.32. The summed E-state index contributed by atoms with van der Waals surface area (Å²) in [4.78, 5) is 12.5. The third kappa shape index (κ3) is 3.47. The number of amides is 1. The van der Waals surface area contributed by atoms with Crippen LogP contribution in [0.3, 0.4) is 0 Å². The van der Waals surface area contributed by atoms with Crippen LogP contribution in [0, 0.1) is 19.8 Å². The number of carbonyl (C=O) groups is 1. The molecule has 1 aliphatic heterocycles. The van der Waals surface area contributed by atoms with Crippen LogP contribution in [0.2, 0.25) is 0 Å². The van der Waals surface area contributed by atoms with Gasteiger partial charge >= 0.3 is 0 Å². The van der Waals surface area contributed by atoms with E-state index in [4.69, 9.17) is 9.47 Å². The van der Waals surface area contributed by atoms with Gasteiger partial charge in [0.25, 0.3) is 0 Å². The predicted molar refractivity (Wildman–Crippen MR) is 90.2 cm³/mol. The molecule has 0 radical (unpaired) electrons. The molecule has 0 unspecified atom stereocenters. The summed E-state index contributed by atoms with van der Waals surface area (Å²) >= 11 is 0. The van der Waals surface area contributed by atoms with Gasteiger partial charge in [-0.05, 0) is 67.3 Å². The summed E-state index contributed by atoms with van der Waals surface area (Å²) in [6, 6.07) is 11.7. The molecule has 0 fully saturated rings. The quantitative estimate of drug-likeness (QED) is 0.943. The summed E-state index contributed by atoms with van der Waals surface area (Å²) < 4.78 is 11.0. The van der Waals surface area contributed by atoms with Crippen molar-refractivity contribution in [1.82, 2.24) is 0 Å². The van der Waals surface area contributed by atoms with Gasteiger partial charge in [-0.2, -0.15) is 0 Å². The molecule has 1 amide bonds. The zero-order valence-corrected chi connectivity index (χ0v) is 13.7. The first-order chi connectivity index (χ1) is 11.0. The number of carbonyl (C=O) groups excluding carboxylic acids is 1. The van der Waals surface area contributed by atoms with Crippen molar-refractivity contribution in [2.24, 2.45) is 5.92 Å². The van der Waals surface area contributed by atoms with Crippen LogP contribution >= 0.6 is 0 Å². The Morgan fingerprint density at radius 2 is 1.91 bits per heavy atom. The Labute approximate surface area is 136 Å². The average Bonchev–Trinajstić information content (AvgIpc) is 2.52. The van der Waals surface area contributed by atoms with Crippen molar-refractivity contribution < 1.29 is 14.3 Å². The Morgan fingerprint density at radius 3 is 2.61 bits per heavy atom. The maximum absolute atomic E-state index is 12.5. The lowest BCUT2D eigenvalue weighted by molar-refractivity contribution is -0.121. The van der Waals surface area contributed by atoms with Crippen molar-refractivity contribution in [3.05, 3.63) is 53.1 Å². The van der Waals surface area contributed by atoms with Crippen LogP contribution in [0.1, 0.15) is 16.7 Å². The Morgan fingerprint density at radius 1 is 1.17 bits per heavy atom. The number of fused-ring (bicyclic) bond motifs is 1. The third-order valence-corrected chi connectivity index (χ3v) is 4.03. The molecule has 0 aliphatic carbocycles. The topological polar surface area (TPSA) is 47.6 Å². The van der Waals surface area contributed by atoms with E-state index in [0.717, 1.165) is 33.9 Å². The van der Waals surface area contributed by atoms with E-state index in [1.54, 1.807) is 7.11 Å². The molecule has 0 spiro atoms.